The molecule has 21 heavy (non-hydrogen) atoms. The third-order valence-corrected chi connectivity index (χ3v) is 3.24. The van der Waals surface area contributed by atoms with E-state index in [0.29, 0.717) is 11.3 Å². The average Bonchev–Trinajstić information content (AvgIpc) is 2.35. The van der Waals surface area contributed by atoms with Gasteiger partial charge in [-0.25, -0.2) is 9.78 Å². The third-order valence-electron chi connectivity index (χ3n) is 2.58. The first-order valence-corrected chi connectivity index (χ1v) is 6.89. The van der Waals surface area contributed by atoms with E-state index in [9.17, 15) is 4.79 Å². The summed E-state index contributed by atoms with van der Waals surface area (Å²) in [5.41, 5.74) is 0.0783. The predicted octanol–water partition coefficient (Wildman–Crippen LogP) is 3.60. The molecular formula is C14H16Cl2N2O3. The van der Waals surface area contributed by atoms with Crippen LogP contribution in [0.3, 0.4) is 0 Å². The zero-order chi connectivity index (χ0) is 16.4. The Hall–Kier alpha value is -1.35. The van der Waals surface area contributed by atoms with Crippen LogP contribution in [-0.4, -0.2) is 23.7 Å². The van der Waals surface area contributed by atoms with Crippen LogP contribution < -0.4 is 0 Å². The fraction of sp³-hybridized carbons (Fsp3) is 0.500. The van der Waals surface area contributed by atoms with Gasteiger partial charge in [-0.05, 0) is 27.7 Å². The molecule has 7 heteroatoms. The molecule has 1 rings (SSSR count). The maximum Gasteiger partial charge on any atom is 0.339 e. The van der Waals surface area contributed by atoms with Crippen molar-refractivity contribution in [1.29, 1.82) is 5.26 Å². The first-order chi connectivity index (χ1) is 9.62. The Bertz CT molecular complexity index is 604. The number of hydrogen-bond acceptors (Lipinski definition) is 5. The molecule has 0 N–H and O–H groups in total. The maximum atomic E-state index is 12.0. The molecule has 1 aromatic rings. The Labute approximate surface area is 133 Å². The van der Waals surface area contributed by atoms with E-state index in [4.69, 9.17) is 37.9 Å². The number of carbonyl (C=O) groups excluding carboxylic acids is 1. The highest BCUT2D eigenvalue weighted by Gasteiger charge is 2.33. The molecule has 1 aromatic heterocycles. The van der Waals surface area contributed by atoms with Crippen molar-refractivity contribution in [2.75, 3.05) is 7.11 Å². The van der Waals surface area contributed by atoms with Gasteiger partial charge in [0.25, 0.3) is 0 Å². The summed E-state index contributed by atoms with van der Waals surface area (Å²) in [6.07, 6.45) is -1.08. The van der Waals surface area contributed by atoms with E-state index < -0.39 is 17.7 Å². The van der Waals surface area contributed by atoms with E-state index >= 15 is 0 Å². The van der Waals surface area contributed by atoms with Gasteiger partial charge >= 0.3 is 5.97 Å². The second-order valence-corrected chi connectivity index (χ2v) is 6.07. The van der Waals surface area contributed by atoms with Crippen LogP contribution in [0.15, 0.2) is 0 Å². The SMILES string of the molecule is COC(=O)[C@@H](OC(C)(C)C)c1c(C)nc(Cl)c(C#N)c1Cl. The van der Waals surface area contributed by atoms with Crippen molar-refractivity contribution in [2.45, 2.75) is 39.4 Å². The second-order valence-electron chi connectivity index (χ2n) is 5.34. The number of carbonyl (C=O) groups is 1. The fourth-order valence-electron chi connectivity index (χ4n) is 1.73. The van der Waals surface area contributed by atoms with Gasteiger partial charge < -0.3 is 9.47 Å². The van der Waals surface area contributed by atoms with E-state index in [1.807, 2.05) is 6.07 Å². The van der Waals surface area contributed by atoms with Gasteiger partial charge in [-0.1, -0.05) is 23.2 Å². The van der Waals surface area contributed by atoms with Crippen molar-refractivity contribution in [3.05, 3.63) is 27.0 Å². The molecule has 0 saturated heterocycles. The van der Waals surface area contributed by atoms with Gasteiger partial charge in [0.1, 0.15) is 16.8 Å². The Morgan fingerprint density at radius 1 is 1.38 bits per heavy atom. The van der Waals surface area contributed by atoms with E-state index in [1.54, 1.807) is 27.7 Å². The number of pyridine rings is 1. The average molecular weight is 331 g/mol. The molecule has 1 heterocycles. The van der Waals surface area contributed by atoms with Gasteiger partial charge in [-0.2, -0.15) is 5.26 Å². The van der Waals surface area contributed by atoms with Crippen molar-refractivity contribution in [3.63, 3.8) is 0 Å². The topological polar surface area (TPSA) is 72.2 Å². The number of esters is 1. The van der Waals surface area contributed by atoms with Crippen LogP contribution in [0.2, 0.25) is 10.2 Å². The van der Waals surface area contributed by atoms with Crippen LogP contribution >= 0.6 is 23.2 Å². The van der Waals surface area contributed by atoms with Gasteiger partial charge in [0, 0.05) is 11.3 Å². The molecule has 0 aromatic carbocycles. The second kappa shape index (κ2) is 6.61. The number of nitrogens with zero attached hydrogens (tertiary/aromatic N) is 2. The minimum Gasteiger partial charge on any atom is -0.467 e. The quantitative estimate of drug-likeness (QED) is 0.625. The molecule has 0 spiro atoms. The summed E-state index contributed by atoms with van der Waals surface area (Å²) in [5, 5.41) is 9.15. The third kappa shape index (κ3) is 4.07. The van der Waals surface area contributed by atoms with Gasteiger partial charge in [0.05, 0.1) is 17.7 Å². The van der Waals surface area contributed by atoms with Crippen molar-refractivity contribution >= 4 is 29.2 Å². The van der Waals surface area contributed by atoms with Gasteiger partial charge in [-0.3, -0.25) is 0 Å². The molecule has 0 aliphatic rings. The first-order valence-electron chi connectivity index (χ1n) is 6.13. The zero-order valence-electron chi connectivity index (χ0n) is 12.5. The predicted molar refractivity (Wildman–Crippen MR) is 79.3 cm³/mol. The Kier molecular flexibility index (Phi) is 5.57. The van der Waals surface area contributed by atoms with Crippen molar-refractivity contribution < 1.29 is 14.3 Å². The molecule has 0 amide bonds. The van der Waals surface area contributed by atoms with Gasteiger partial charge in [0.2, 0.25) is 0 Å². The summed E-state index contributed by atoms with van der Waals surface area (Å²) < 4.78 is 10.5. The van der Waals surface area contributed by atoms with E-state index in [0.717, 1.165) is 0 Å². The molecule has 114 valence electrons. The number of aromatic nitrogens is 1. The minimum atomic E-state index is -1.08. The summed E-state index contributed by atoms with van der Waals surface area (Å²) in [6, 6.07) is 1.87. The van der Waals surface area contributed by atoms with E-state index in [2.05, 4.69) is 4.98 Å². The summed E-state index contributed by atoms with van der Waals surface area (Å²) in [7, 11) is 1.25. The summed E-state index contributed by atoms with van der Waals surface area (Å²) >= 11 is 12.1. The number of nitriles is 1. The Morgan fingerprint density at radius 2 is 1.95 bits per heavy atom. The Morgan fingerprint density at radius 3 is 2.38 bits per heavy atom. The molecule has 1 atom stereocenters. The van der Waals surface area contributed by atoms with Crippen LogP contribution in [-0.2, 0) is 14.3 Å². The molecule has 0 aliphatic carbocycles. The van der Waals surface area contributed by atoms with Crippen molar-refractivity contribution in [2.24, 2.45) is 0 Å². The monoisotopic (exact) mass is 330 g/mol. The minimum absolute atomic E-state index is 0.00495. The highest BCUT2D eigenvalue weighted by molar-refractivity contribution is 6.36. The number of methoxy groups -OCH3 is 1. The van der Waals surface area contributed by atoms with Crippen LogP contribution in [0.5, 0.6) is 0 Å². The lowest BCUT2D eigenvalue weighted by Crippen LogP contribution is -2.29. The molecule has 0 fully saturated rings. The smallest absolute Gasteiger partial charge is 0.339 e. The van der Waals surface area contributed by atoms with Crippen LogP contribution in [0.25, 0.3) is 0 Å². The van der Waals surface area contributed by atoms with Gasteiger partial charge in [-0.15, -0.1) is 0 Å². The number of hydrogen-bond donors (Lipinski definition) is 0. The van der Waals surface area contributed by atoms with Crippen LogP contribution in [0.1, 0.15) is 43.7 Å². The molecular weight excluding hydrogens is 315 g/mol. The lowest BCUT2D eigenvalue weighted by molar-refractivity contribution is -0.164. The van der Waals surface area contributed by atoms with E-state index in [1.165, 1.54) is 7.11 Å². The Balaban J connectivity index is 3.52. The zero-order valence-corrected chi connectivity index (χ0v) is 14.0. The van der Waals surface area contributed by atoms with E-state index in [-0.39, 0.29) is 15.7 Å². The normalized spacial score (nSPS) is 12.7. The van der Waals surface area contributed by atoms with Crippen LogP contribution in [0, 0.1) is 18.3 Å². The number of ether oxygens (including phenoxy) is 2. The fourth-order valence-corrected chi connectivity index (χ4v) is 2.41. The first kappa shape index (κ1) is 17.7. The largest absolute Gasteiger partial charge is 0.467 e. The number of rotatable bonds is 3. The summed E-state index contributed by atoms with van der Waals surface area (Å²) in [4.78, 5) is 16.1. The van der Waals surface area contributed by atoms with Crippen LogP contribution in [0.4, 0.5) is 0 Å². The summed E-state index contributed by atoms with van der Waals surface area (Å²) in [5.74, 6) is -0.622. The number of halogens is 2. The van der Waals surface area contributed by atoms with Crippen molar-refractivity contribution in [1.82, 2.24) is 4.98 Å². The number of aryl methyl sites for hydroxylation is 1. The highest BCUT2D eigenvalue weighted by atomic mass is 35.5. The lowest BCUT2D eigenvalue weighted by atomic mass is 10.0. The molecule has 0 bridgehead atoms. The molecule has 5 nitrogen and oxygen atoms in total. The maximum absolute atomic E-state index is 12.0. The molecule has 0 aliphatic heterocycles. The highest BCUT2D eigenvalue weighted by Crippen LogP contribution is 2.36. The summed E-state index contributed by atoms with van der Waals surface area (Å²) in [6.45, 7) is 7.01. The lowest BCUT2D eigenvalue weighted by Gasteiger charge is -2.27. The molecule has 0 unspecified atom stereocenters. The molecule has 0 radical (unpaired) electrons. The standard InChI is InChI=1S/C14H16Cl2N2O3/c1-7-9(10(15)8(6-17)12(16)18-7)11(13(19)20-5)21-14(2,3)4/h11H,1-5H3/t11-/m0/s1. The molecule has 0 saturated carbocycles. The van der Waals surface area contributed by atoms with Gasteiger partial charge in [0.15, 0.2) is 6.10 Å². The van der Waals surface area contributed by atoms with Crippen molar-refractivity contribution in [3.8, 4) is 6.07 Å².